The minimum Gasteiger partial charge on any atom is -0.378 e. The van der Waals surface area contributed by atoms with Gasteiger partial charge in [-0.1, -0.05) is 13.8 Å². The molecule has 1 aliphatic heterocycles. The van der Waals surface area contributed by atoms with Crippen LogP contribution in [0, 0.1) is 5.92 Å². The quantitative estimate of drug-likeness (QED) is 0.817. The number of rotatable bonds is 5. The van der Waals surface area contributed by atoms with Crippen LogP contribution in [0.2, 0.25) is 0 Å². The van der Waals surface area contributed by atoms with Crippen LogP contribution in [0.4, 0.5) is 5.69 Å². The number of sulfone groups is 1. The molecule has 0 unspecified atom stereocenters. The van der Waals surface area contributed by atoms with Crippen molar-refractivity contribution in [2.75, 3.05) is 37.8 Å². The van der Waals surface area contributed by atoms with Crippen molar-refractivity contribution < 1.29 is 13.2 Å². The van der Waals surface area contributed by atoms with E-state index in [0.717, 1.165) is 12.1 Å². The van der Waals surface area contributed by atoms with Crippen LogP contribution in [0.3, 0.4) is 0 Å². The molecule has 1 aromatic carbocycles. The summed E-state index contributed by atoms with van der Waals surface area (Å²) in [5.41, 5.74) is 1.64. The van der Waals surface area contributed by atoms with Crippen molar-refractivity contribution in [3.63, 3.8) is 0 Å². The molecule has 1 aliphatic rings. The van der Waals surface area contributed by atoms with Crippen LogP contribution in [-0.2, 0) is 9.84 Å². The summed E-state index contributed by atoms with van der Waals surface area (Å²) in [4.78, 5) is 16.4. The molecule has 0 aliphatic carbocycles. The lowest BCUT2D eigenvalue weighted by Crippen LogP contribution is -2.46. The van der Waals surface area contributed by atoms with Crippen LogP contribution in [0.1, 0.15) is 37.0 Å². The van der Waals surface area contributed by atoms with Gasteiger partial charge in [-0.15, -0.1) is 0 Å². The Hall–Kier alpha value is -1.56. The van der Waals surface area contributed by atoms with Gasteiger partial charge in [-0.25, -0.2) is 8.42 Å². The van der Waals surface area contributed by atoms with Crippen LogP contribution < -0.4 is 4.90 Å². The standard InChI is InChI=1S/C18H28N2O3S/c1-14(2)13-24(22,23)17-6-5-11-20(12-17)18(21)15-7-9-16(10-8-15)19(3)4/h7-10,14,17H,5-6,11-13H2,1-4H3/t17-/m1/s1. The van der Waals surface area contributed by atoms with Crippen molar-refractivity contribution in [3.05, 3.63) is 29.8 Å². The maximum atomic E-state index is 12.7. The summed E-state index contributed by atoms with van der Waals surface area (Å²) in [6.07, 6.45) is 1.39. The van der Waals surface area contributed by atoms with Gasteiger partial charge >= 0.3 is 0 Å². The van der Waals surface area contributed by atoms with E-state index in [-0.39, 0.29) is 17.6 Å². The van der Waals surface area contributed by atoms with E-state index in [1.165, 1.54) is 0 Å². The summed E-state index contributed by atoms with van der Waals surface area (Å²) in [7, 11) is 0.750. The molecule has 24 heavy (non-hydrogen) atoms. The Balaban J connectivity index is 2.10. The minimum atomic E-state index is -3.15. The zero-order valence-electron chi connectivity index (χ0n) is 15.0. The van der Waals surface area contributed by atoms with Gasteiger partial charge in [0.25, 0.3) is 5.91 Å². The minimum absolute atomic E-state index is 0.0789. The second-order valence-electron chi connectivity index (χ2n) is 7.18. The maximum absolute atomic E-state index is 12.7. The van der Waals surface area contributed by atoms with Gasteiger partial charge in [0.05, 0.1) is 11.0 Å². The Morgan fingerprint density at radius 2 is 1.88 bits per heavy atom. The van der Waals surface area contributed by atoms with Crippen molar-refractivity contribution in [2.45, 2.75) is 31.9 Å². The highest BCUT2D eigenvalue weighted by molar-refractivity contribution is 7.92. The number of amides is 1. The molecule has 0 radical (unpaired) electrons. The first-order chi connectivity index (χ1) is 11.2. The highest BCUT2D eigenvalue weighted by Crippen LogP contribution is 2.22. The van der Waals surface area contributed by atoms with Crippen molar-refractivity contribution >= 4 is 21.4 Å². The van der Waals surface area contributed by atoms with E-state index in [1.807, 2.05) is 57.1 Å². The number of nitrogens with zero attached hydrogens (tertiary/aromatic N) is 2. The van der Waals surface area contributed by atoms with Gasteiger partial charge in [0.15, 0.2) is 9.84 Å². The average Bonchev–Trinajstić information content (AvgIpc) is 2.53. The number of anilines is 1. The van der Waals surface area contributed by atoms with Crippen molar-refractivity contribution in [3.8, 4) is 0 Å². The second-order valence-corrected chi connectivity index (χ2v) is 9.51. The maximum Gasteiger partial charge on any atom is 0.253 e. The summed E-state index contributed by atoms with van der Waals surface area (Å²) in [5.74, 6) is 0.224. The molecule has 1 saturated heterocycles. The molecule has 134 valence electrons. The van der Waals surface area contributed by atoms with E-state index in [1.54, 1.807) is 4.90 Å². The summed E-state index contributed by atoms with van der Waals surface area (Å²) in [6.45, 7) is 4.76. The molecule has 1 amide bonds. The normalized spacial score (nSPS) is 18.7. The van der Waals surface area contributed by atoms with Gasteiger partial charge in [-0.05, 0) is 43.0 Å². The Morgan fingerprint density at radius 3 is 2.42 bits per heavy atom. The predicted molar refractivity (Wildman–Crippen MR) is 98.3 cm³/mol. The first-order valence-corrected chi connectivity index (χ1v) is 10.2. The monoisotopic (exact) mass is 352 g/mol. The van der Waals surface area contributed by atoms with Gasteiger partial charge in [0, 0.05) is 38.4 Å². The van der Waals surface area contributed by atoms with Crippen molar-refractivity contribution in [1.82, 2.24) is 4.90 Å². The van der Waals surface area contributed by atoms with Crippen LogP contribution in [-0.4, -0.2) is 57.4 Å². The lowest BCUT2D eigenvalue weighted by atomic mass is 10.1. The van der Waals surface area contributed by atoms with E-state index in [2.05, 4.69) is 0 Å². The van der Waals surface area contributed by atoms with E-state index < -0.39 is 15.1 Å². The third-order valence-electron chi connectivity index (χ3n) is 4.37. The number of carbonyl (C=O) groups is 1. The molecule has 0 N–H and O–H groups in total. The molecule has 0 saturated carbocycles. The van der Waals surface area contributed by atoms with Gasteiger partial charge in [-0.2, -0.15) is 0 Å². The molecule has 0 bridgehead atoms. The summed E-state index contributed by atoms with van der Waals surface area (Å²) in [6, 6.07) is 7.43. The van der Waals surface area contributed by atoms with E-state index in [0.29, 0.717) is 25.1 Å². The Bertz CT molecular complexity index is 666. The molecule has 1 atom stereocenters. The van der Waals surface area contributed by atoms with Gasteiger partial charge < -0.3 is 9.80 Å². The Morgan fingerprint density at radius 1 is 1.25 bits per heavy atom. The number of carbonyl (C=O) groups excluding carboxylic acids is 1. The van der Waals surface area contributed by atoms with Crippen molar-refractivity contribution in [2.24, 2.45) is 5.92 Å². The average molecular weight is 353 g/mol. The number of likely N-dealkylation sites (tertiary alicyclic amines) is 1. The van der Waals surface area contributed by atoms with E-state index >= 15 is 0 Å². The fourth-order valence-corrected chi connectivity index (χ4v) is 5.24. The molecule has 5 nitrogen and oxygen atoms in total. The van der Waals surface area contributed by atoms with Crippen LogP contribution in [0.5, 0.6) is 0 Å². The van der Waals surface area contributed by atoms with Crippen LogP contribution in [0.25, 0.3) is 0 Å². The van der Waals surface area contributed by atoms with Gasteiger partial charge in [0.1, 0.15) is 0 Å². The zero-order valence-corrected chi connectivity index (χ0v) is 15.8. The van der Waals surface area contributed by atoms with Crippen LogP contribution in [0.15, 0.2) is 24.3 Å². The fourth-order valence-electron chi connectivity index (χ4n) is 3.10. The highest BCUT2D eigenvalue weighted by atomic mass is 32.2. The topological polar surface area (TPSA) is 57.7 Å². The SMILES string of the molecule is CC(C)CS(=O)(=O)[C@@H]1CCCN(C(=O)c2ccc(N(C)C)cc2)C1. The van der Waals surface area contributed by atoms with Crippen molar-refractivity contribution in [1.29, 1.82) is 0 Å². The first-order valence-electron chi connectivity index (χ1n) is 8.49. The Kier molecular flexibility index (Phi) is 5.91. The van der Waals surface area contributed by atoms with E-state index in [9.17, 15) is 13.2 Å². The summed E-state index contributed by atoms with van der Waals surface area (Å²) in [5, 5.41) is -0.432. The molecule has 0 spiro atoms. The second kappa shape index (κ2) is 7.55. The number of benzene rings is 1. The molecule has 1 fully saturated rings. The summed E-state index contributed by atoms with van der Waals surface area (Å²) >= 11 is 0. The third kappa shape index (κ3) is 4.50. The Labute approximate surface area is 145 Å². The fraction of sp³-hybridized carbons (Fsp3) is 0.611. The van der Waals surface area contributed by atoms with Gasteiger partial charge in [0.2, 0.25) is 0 Å². The van der Waals surface area contributed by atoms with Crippen LogP contribution >= 0.6 is 0 Å². The first kappa shape index (κ1) is 18.8. The smallest absolute Gasteiger partial charge is 0.253 e. The molecular weight excluding hydrogens is 324 g/mol. The van der Waals surface area contributed by atoms with E-state index in [4.69, 9.17) is 0 Å². The molecule has 6 heteroatoms. The molecule has 0 aromatic heterocycles. The molecular formula is C18H28N2O3S. The molecule has 2 rings (SSSR count). The number of hydrogen-bond acceptors (Lipinski definition) is 4. The lowest BCUT2D eigenvalue weighted by molar-refractivity contribution is 0.0727. The lowest BCUT2D eigenvalue weighted by Gasteiger charge is -2.33. The zero-order chi connectivity index (χ0) is 17.9. The summed E-state index contributed by atoms with van der Waals surface area (Å²) < 4.78 is 25.0. The highest BCUT2D eigenvalue weighted by Gasteiger charge is 2.33. The number of piperidine rings is 1. The number of hydrogen-bond donors (Lipinski definition) is 0. The van der Waals surface area contributed by atoms with Gasteiger partial charge in [-0.3, -0.25) is 4.79 Å². The molecule has 1 heterocycles. The third-order valence-corrected chi connectivity index (χ3v) is 6.90. The largest absolute Gasteiger partial charge is 0.378 e. The molecule has 1 aromatic rings. The predicted octanol–water partition coefficient (Wildman–Crippen LogP) is 2.43.